The minimum absolute atomic E-state index is 0.353. The van der Waals surface area contributed by atoms with Gasteiger partial charge in [-0.3, -0.25) is 4.90 Å². The van der Waals surface area contributed by atoms with Crippen LogP contribution in [-0.2, 0) is 4.74 Å². The highest BCUT2D eigenvalue weighted by atomic mass is 16.5. The minimum Gasteiger partial charge on any atom is -0.396 e. The number of hydrogen-bond acceptors (Lipinski definition) is 3. The van der Waals surface area contributed by atoms with Gasteiger partial charge in [0.25, 0.3) is 0 Å². The summed E-state index contributed by atoms with van der Waals surface area (Å²) >= 11 is 0. The Morgan fingerprint density at radius 1 is 1.20 bits per heavy atom. The van der Waals surface area contributed by atoms with E-state index in [4.69, 9.17) is 9.84 Å². The van der Waals surface area contributed by atoms with Gasteiger partial charge in [0.15, 0.2) is 0 Å². The summed E-state index contributed by atoms with van der Waals surface area (Å²) in [7, 11) is 0. The molecule has 88 valence electrons. The molecule has 2 aliphatic rings. The molecule has 3 heteroatoms. The topological polar surface area (TPSA) is 32.7 Å². The van der Waals surface area contributed by atoms with E-state index < -0.39 is 0 Å². The van der Waals surface area contributed by atoms with Gasteiger partial charge in [-0.2, -0.15) is 0 Å². The van der Waals surface area contributed by atoms with Crippen molar-refractivity contribution in [2.24, 2.45) is 5.92 Å². The van der Waals surface area contributed by atoms with Crippen LogP contribution in [0.3, 0.4) is 0 Å². The van der Waals surface area contributed by atoms with E-state index in [0.717, 1.165) is 31.6 Å². The number of aliphatic hydroxyl groups is 1. The van der Waals surface area contributed by atoms with Crippen LogP contribution in [-0.4, -0.2) is 49.0 Å². The predicted molar refractivity (Wildman–Crippen MR) is 59.8 cm³/mol. The van der Waals surface area contributed by atoms with E-state index in [0.29, 0.717) is 6.61 Å². The summed E-state index contributed by atoms with van der Waals surface area (Å²) in [5.41, 5.74) is 0. The Morgan fingerprint density at radius 3 is 2.73 bits per heavy atom. The Balaban J connectivity index is 1.80. The molecule has 2 aliphatic heterocycles. The number of likely N-dealkylation sites (tertiary alicyclic amines) is 1. The Kier molecular flexibility index (Phi) is 4.42. The molecule has 0 aliphatic carbocycles. The zero-order valence-electron chi connectivity index (χ0n) is 9.53. The summed E-state index contributed by atoms with van der Waals surface area (Å²) in [6.45, 7) is 4.68. The van der Waals surface area contributed by atoms with Crippen LogP contribution in [0.1, 0.15) is 32.1 Å². The normalized spacial score (nSPS) is 30.6. The molecule has 0 bridgehead atoms. The summed E-state index contributed by atoms with van der Waals surface area (Å²) in [6.07, 6.45) is 6.00. The van der Waals surface area contributed by atoms with Crippen LogP contribution in [0.25, 0.3) is 0 Å². The molecule has 0 amide bonds. The van der Waals surface area contributed by atoms with Gasteiger partial charge in [0, 0.05) is 32.4 Å². The second kappa shape index (κ2) is 5.83. The summed E-state index contributed by atoms with van der Waals surface area (Å²) in [4.78, 5) is 2.63. The molecule has 2 saturated heterocycles. The van der Waals surface area contributed by atoms with Crippen molar-refractivity contribution in [3.63, 3.8) is 0 Å². The largest absolute Gasteiger partial charge is 0.396 e. The van der Waals surface area contributed by atoms with Gasteiger partial charge in [-0.05, 0) is 44.6 Å². The maximum Gasteiger partial charge on any atom is 0.0480 e. The van der Waals surface area contributed by atoms with Gasteiger partial charge in [-0.25, -0.2) is 0 Å². The van der Waals surface area contributed by atoms with E-state index in [9.17, 15) is 0 Å². The number of aliphatic hydroxyl groups excluding tert-OH is 1. The van der Waals surface area contributed by atoms with Crippen LogP contribution in [0.5, 0.6) is 0 Å². The van der Waals surface area contributed by atoms with E-state index in [1.54, 1.807) is 0 Å². The molecule has 2 heterocycles. The quantitative estimate of drug-likeness (QED) is 0.766. The smallest absolute Gasteiger partial charge is 0.0480 e. The molecule has 1 atom stereocenters. The van der Waals surface area contributed by atoms with Crippen molar-refractivity contribution < 1.29 is 9.84 Å². The third-order valence-corrected chi connectivity index (χ3v) is 3.79. The van der Waals surface area contributed by atoms with Gasteiger partial charge in [0.2, 0.25) is 0 Å². The first kappa shape index (κ1) is 11.4. The Morgan fingerprint density at radius 2 is 2.00 bits per heavy atom. The van der Waals surface area contributed by atoms with Crippen LogP contribution in [0.15, 0.2) is 0 Å². The van der Waals surface area contributed by atoms with Gasteiger partial charge in [-0.1, -0.05) is 0 Å². The lowest BCUT2D eigenvalue weighted by Crippen LogP contribution is -2.45. The number of hydrogen-bond donors (Lipinski definition) is 1. The molecule has 1 unspecified atom stereocenters. The van der Waals surface area contributed by atoms with E-state index in [1.165, 1.54) is 38.8 Å². The van der Waals surface area contributed by atoms with Crippen molar-refractivity contribution in [1.29, 1.82) is 0 Å². The van der Waals surface area contributed by atoms with Crippen molar-refractivity contribution in [1.82, 2.24) is 4.90 Å². The molecule has 0 spiro atoms. The molecule has 1 N–H and O–H groups in total. The van der Waals surface area contributed by atoms with E-state index in [2.05, 4.69) is 4.90 Å². The van der Waals surface area contributed by atoms with Crippen LogP contribution in [0.2, 0.25) is 0 Å². The maximum absolute atomic E-state index is 8.98. The zero-order chi connectivity index (χ0) is 10.5. The average molecular weight is 213 g/mol. The van der Waals surface area contributed by atoms with E-state index in [1.807, 2.05) is 0 Å². The highest BCUT2D eigenvalue weighted by molar-refractivity contribution is 4.80. The molecule has 2 fully saturated rings. The van der Waals surface area contributed by atoms with Crippen LogP contribution in [0.4, 0.5) is 0 Å². The summed E-state index contributed by atoms with van der Waals surface area (Å²) in [5, 5.41) is 8.98. The third kappa shape index (κ3) is 3.16. The van der Waals surface area contributed by atoms with Crippen molar-refractivity contribution in [3.05, 3.63) is 0 Å². The monoisotopic (exact) mass is 213 g/mol. The summed E-state index contributed by atoms with van der Waals surface area (Å²) < 4.78 is 5.40. The highest BCUT2D eigenvalue weighted by Crippen LogP contribution is 2.24. The molecule has 15 heavy (non-hydrogen) atoms. The Bertz CT molecular complexity index is 178. The fraction of sp³-hybridized carbons (Fsp3) is 1.00. The van der Waals surface area contributed by atoms with Crippen molar-refractivity contribution >= 4 is 0 Å². The average Bonchev–Trinajstić information content (AvgIpc) is 2.31. The van der Waals surface area contributed by atoms with Crippen molar-refractivity contribution in [3.8, 4) is 0 Å². The lowest BCUT2D eigenvalue weighted by atomic mass is 9.93. The lowest BCUT2D eigenvalue weighted by Gasteiger charge is -2.39. The fourth-order valence-electron chi connectivity index (χ4n) is 2.90. The van der Waals surface area contributed by atoms with Gasteiger partial charge in [-0.15, -0.1) is 0 Å². The minimum atomic E-state index is 0.353. The molecule has 0 saturated carbocycles. The van der Waals surface area contributed by atoms with Gasteiger partial charge < -0.3 is 9.84 Å². The van der Waals surface area contributed by atoms with Gasteiger partial charge in [0.1, 0.15) is 0 Å². The first-order chi connectivity index (χ1) is 7.40. The molecule has 0 aromatic heterocycles. The lowest BCUT2D eigenvalue weighted by molar-refractivity contribution is 0.0153. The Hall–Kier alpha value is -0.120. The SMILES string of the molecule is OCCC1CCCN(C2CCOCC2)C1. The highest BCUT2D eigenvalue weighted by Gasteiger charge is 2.26. The van der Waals surface area contributed by atoms with Crippen LogP contribution >= 0.6 is 0 Å². The molecular weight excluding hydrogens is 190 g/mol. The molecule has 0 radical (unpaired) electrons. The second-order valence-corrected chi connectivity index (χ2v) is 4.86. The molecule has 0 aromatic carbocycles. The van der Waals surface area contributed by atoms with Crippen molar-refractivity contribution in [2.75, 3.05) is 32.9 Å². The number of piperidine rings is 1. The fourth-order valence-corrected chi connectivity index (χ4v) is 2.90. The van der Waals surface area contributed by atoms with Gasteiger partial charge in [0.05, 0.1) is 0 Å². The maximum atomic E-state index is 8.98. The number of nitrogens with zero attached hydrogens (tertiary/aromatic N) is 1. The molecular formula is C12H23NO2. The molecule has 3 nitrogen and oxygen atoms in total. The van der Waals surface area contributed by atoms with E-state index in [-0.39, 0.29) is 0 Å². The summed E-state index contributed by atoms with van der Waals surface area (Å²) in [5.74, 6) is 0.728. The van der Waals surface area contributed by atoms with Crippen LogP contribution in [0, 0.1) is 5.92 Å². The van der Waals surface area contributed by atoms with Crippen LogP contribution < -0.4 is 0 Å². The number of rotatable bonds is 3. The number of ether oxygens (including phenoxy) is 1. The summed E-state index contributed by atoms with van der Waals surface area (Å²) in [6, 6.07) is 0.750. The van der Waals surface area contributed by atoms with Crippen molar-refractivity contribution in [2.45, 2.75) is 38.1 Å². The molecule has 2 rings (SSSR count). The first-order valence-corrected chi connectivity index (χ1v) is 6.33. The first-order valence-electron chi connectivity index (χ1n) is 6.33. The third-order valence-electron chi connectivity index (χ3n) is 3.79. The second-order valence-electron chi connectivity index (χ2n) is 4.86. The van der Waals surface area contributed by atoms with Gasteiger partial charge >= 0.3 is 0 Å². The standard InChI is InChI=1S/C12H23NO2/c14-7-3-11-2-1-6-13(10-11)12-4-8-15-9-5-12/h11-12,14H,1-10H2. The predicted octanol–water partition coefficient (Wildman–Crippen LogP) is 1.26. The Labute approximate surface area is 92.4 Å². The van der Waals surface area contributed by atoms with E-state index >= 15 is 0 Å². The zero-order valence-corrected chi connectivity index (χ0v) is 9.53. The molecule has 0 aromatic rings.